The Bertz CT molecular complexity index is 986. The number of esters is 1. The van der Waals surface area contributed by atoms with Gasteiger partial charge in [-0.2, -0.15) is 0 Å². The summed E-state index contributed by atoms with van der Waals surface area (Å²) in [7, 11) is 1.17. The van der Waals surface area contributed by atoms with Crippen molar-refractivity contribution in [3.05, 3.63) is 65.9 Å². The molecule has 0 spiro atoms. The van der Waals surface area contributed by atoms with Gasteiger partial charge in [0.25, 0.3) is 11.8 Å². The first-order valence-electron chi connectivity index (χ1n) is 8.95. The molecule has 1 aliphatic heterocycles. The third kappa shape index (κ3) is 5.22. The number of urea groups is 1. The number of carbonyl (C=O) groups excluding carboxylic acids is 4. The van der Waals surface area contributed by atoms with Crippen LogP contribution >= 0.6 is 0 Å². The Balaban J connectivity index is 1.56. The molecular weight excluding hydrogens is 390 g/mol. The molecule has 0 aliphatic carbocycles. The van der Waals surface area contributed by atoms with Crippen LogP contribution in [0.3, 0.4) is 0 Å². The van der Waals surface area contributed by atoms with E-state index in [1.165, 1.54) is 13.2 Å². The number of para-hydroxylation sites is 1. The first-order chi connectivity index (χ1) is 14.5. The zero-order chi connectivity index (χ0) is 21.5. The number of rotatable bonds is 7. The Kier molecular flexibility index (Phi) is 6.43. The molecule has 0 aromatic heterocycles. The lowest BCUT2D eigenvalue weighted by atomic mass is 10.2. The predicted octanol–water partition coefficient (Wildman–Crippen LogP) is 1.77. The Morgan fingerprint density at radius 2 is 1.77 bits per heavy atom. The van der Waals surface area contributed by atoms with E-state index in [2.05, 4.69) is 15.4 Å². The highest BCUT2D eigenvalue weighted by Crippen LogP contribution is 2.17. The van der Waals surface area contributed by atoms with Crippen molar-refractivity contribution in [1.29, 1.82) is 0 Å². The van der Waals surface area contributed by atoms with Crippen LogP contribution in [0.25, 0.3) is 6.08 Å². The number of methoxy groups -OCH3 is 1. The van der Waals surface area contributed by atoms with Crippen LogP contribution in [0.1, 0.15) is 5.56 Å². The zero-order valence-electron chi connectivity index (χ0n) is 16.1. The summed E-state index contributed by atoms with van der Waals surface area (Å²) in [6.45, 7) is -0.622. The van der Waals surface area contributed by atoms with Crippen LogP contribution in [0, 0.1) is 0 Å². The normalized spacial score (nSPS) is 14.4. The van der Waals surface area contributed by atoms with Crippen molar-refractivity contribution in [3.8, 4) is 5.75 Å². The first kappa shape index (κ1) is 20.6. The second-order valence-corrected chi connectivity index (χ2v) is 6.23. The van der Waals surface area contributed by atoms with Gasteiger partial charge in [0.05, 0.1) is 7.11 Å². The van der Waals surface area contributed by atoms with E-state index in [0.29, 0.717) is 17.0 Å². The molecule has 9 nitrogen and oxygen atoms in total. The number of benzene rings is 2. The molecule has 2 aromatic rings. The molecule has 2 aromatic carbocycles. The van der Waals surface area contributed by atoms with E-state index in [-0.39, 0.29) is 18.2 Å². The Labute approximate surface area is 172 Å². The van der Waals surface area contributed by atoms with Gasteiger partial charge in [0.1, 0.15) is 18.0 Å². The average molecular weight is 409 g/mol. The van der Waals surface area contributed by atoms with E-state index >= 15 is 0 Å². The van der Waals surface area contributed by atoms with Crippen molar-refractivity contribution >= 4 is 35.6 Å². The number of nitrogens with one attached hydrogen (secondary N) is 2. The Hall–Kier alpha value is -4.14. The van der Waals surface area contributed by atoms with Gasteiger partial charge in [-0.3, -0.25) is 14.4 Å². The van der Waals surface area contributed by atoms with Gasteiger partial charge in [-0.15, -0.1) is 0 Å². The lowest BCUT2D eigenvalue weighted by Crippen LogP contribution is -2.36. The molecule has 0 atom stereocenters. The van der Waals surface area contributed by atoms with Crippen LogP contribution in [0.4, 0.5) is 10.5 Å². The summed E-state index contributed by atoms with van der Waals surface area (Å²) in [5.41, 5.74) is 1.34. The molecule has 9 heteroatoms. The van der Waals surface area contributed by atoms with Crippen molar-refractivity contribution < 1.29 is 28.7 Å². The van der Waals surface area contributed by atoms with Crippen LogP contribution < -0.4 is 15.4 Å². The molecule has 30 heavy (non-hydrogen) atoms. The van der Waals surface area contributed by atoms with Crippen LogP contribution in [-0.4, -0.2) is 49.0 Å². The SMILES string of the molecule is COC(=O)CN1C(=O)N/C(=C/c2ccc(OCC(=O)Nc3ccccc3)cc2)C1=O. The molecule has 0 unspecified atom stereocenters. The maximum Gasteiger partial charge on any atom is 0.329 e. The number of ether oxygens (including phenoxy) is 2. The summed E-state index contributed by atoms with van der Waals surface area (Å²) in [5, 5.41) is 5.13. The van der Waals surface area contributed by atoms with Gasteiger partial charge in [0.15, 0.2) is 6.61 Å². The minimum Gasteiger partial charge on any atom is -0.484 e. The van der Waals surface area contributed by atoms with Gasteiger partial charge >= 0.3 is 12.0 Å². The fraction of sp³-hybridized carbons (Fsp3) is 0.143. The number of anilines is 1. The van der Waals surface area contributed by atoms with Crippen LogP contribution in [0.2, 0.25) is 0 Å². The fourth-order valence-corrected chi connectivity index (χ4v) is 2.60. The monoisotopic (exact) mass is 409 g/mol. The molecular formula is C21H19N3O6. The molecule has 0 bridgehead atoms. The predicted molar refractivity (Wildman–Crippen MR) is 107 cm³/mol. The van der Waals surface area contributed by atoms with E-state index in [1.807, 2.05) is 18.2 Å². The van der Waals surface area contributed by atoms with Gasteiger partial charge in [-0.25, -0.2) is 9.69 Å². The molecule has 0 saturated carbocycles. The Morgan fingerprint density at radius 1 is 1.07 bits per heavy atom. The summed E-state index contributed by atoms with van der Waals surface area (Å²) in [4.78, 5) is 48.1. The lowest BCUT2D eigenvalue weighted by Gasteiger charge is -2.09. The topological polar surface area (TPSA) is 114 Å². The molecule has 0 radical (unpaired) electrons. The van der Waals surface area contributed by atoms with Crippen LogP contribution in [0.15, 0.2) is 60.3 Å². The third-order valence-corrected chi connectivity index (χ3v) is 4.10. The smallest absolute Gasteiger partial charge is 0.329 e. The largest absolute Gasteiger partial charge is 0.484 e. The van der Waals surface area contributed by atoms with Gasteiger partial charge in [0, 0.05) is 5.69 Å². The summed E-state index contributed by atoms with van der Waals surface area (Å²) in [5.74, 6) is -1.15. The minimum atomic E-state index is -0.697. The lowest BCUT2D eigenvalue weighted by molar-refractivity contribution is -0.143. The molecule has 1 aliphatic rings. The van der Waals surface area contributed by atoms with Crippen LogP contribution in [0.5, 0.6) is 5.75 Å². The number of carbonyl (C=O) groups is 4. The molecule has 154 valence electrons. The highest BCUT2D eigenvalue weighted by atomic mass is 16.5. The van der Waals surface area contributed by atoms with Gasteiger partial charge in [0.2, 0.25) is 0 Å². The van der Waals surface area contributed by atoms with Crippen molar-refractivity contribution in [2.45, 2.75) is 0 Å². The molecule has 4 amide bonds. The van der Waals surface area contributed by atoms with Crippen molar-refractivity contribution in [3.63, 3.8) is 0 Å². The fourth-order valence-electron chi connectivity index (χ4n) is 2.60. The highest BCUT2D eigenvalue weighted by Gasteiger charge is 2.35. The number of hydrogen-bond donors (Lipinski definition) is 2. The van der Waals surface area contributed by atoms with Gasteiger partial charge in [-0.1, -0.05) is 30.3 Å². The average Bonchev–Trinajstić information content (AvgIpc) is 3.01. The summed E-state index contributed by atoms with van der Waals surface area (Å²) in [6.07, 6.45) is 1.48. The second-order valence-electron chi connectivity index (χ2n) is 6.23. The van der Waals surface area contributed by atoms with E-state index in [1.54, 1.807) is 36.4 Å². The maximum absolute atomic E-state index is 12.3. The van der Waals surface area contributed by atoms with Crippen molar-refractivity contribution in [2.24, 2.45) is 0 Å². The number of hydrogen-bond acceptors (Lipinski definition) is 6. The van der Waals surface area contributed by atoms with E-state index in [0.717, 1.165) is 4.90 Å². The Morgan fingerprint density at radius 3 is 2.43 bits per heavy atom. The van der Waals surface area contributed by atoms with E-state index < -0.39 is 24.5 Å². The third-order valence-electron chi connectivity index (χ3n) is 4.10. The number of nitrogens with zero attached hydrogens (tertiary/aromatic N) is 1. The minimum absolute atomic E-state index is 0.0415. The van der Waals surface area contributed by atoms with Crippen molar-refractivity contribution in [1.82, 2.24) is 10.2 Å². The van der Waals surface area contributed by atoms with Gasteiger partial charge < -0.3 is 20.1 Å². The second kappa shape index (κ2) is 9.37. The van der Waals surface area contributed by atoms with Crippen molar-refractivity contribution in [2.75, 3.05) is 25.6 Å². The van der Waals surface area contributed by atoms with Crippen LogP contribution in [-0.2, 0) is 19.1 Å². The number of amides is 4. The zero-order valence-corrected chi connectivity index (χ0v) is 16.1. The molecule has 1 saturated heterocycles. The first-order valence-corrected chi connectivity index (χ1v) is 8.95. The molecule has 1 fully saturated rings. The van der Waals surface area contributed by atoms with E-state index in [4.69, 9.17) is 4.74 Å². The molecule has 3 rings (SSSR count). The quantitative estimate of drug-likeness (QED) is 0.409. The summed E-state index contributed by atoms with van der Waals surface area (Å²) >= 11 is 0. The van der Waals surface area contributed by atoms with E-state index in [9.17, 15) is 19.2 Å². The molecule has 1 heterocycles. The standard InChI is InChI=1S/C21H19N3O6/c1-29-19(26)12-24-20(27)17(23-21(24)28)11-14-7-9-16(10-8-14)30-13-18(25)22-15-5-3-2-4-6-15/h2-11H,12-13H2,1H3,(H,22,25)(H,23,28)/b17-11+. The maximum atomic E-state index is 12.3. The number of imide groups is 1. The summed E-state index contributed by atoms with van der Waals surface area (Å²) in [6, 6.07) is 14.9. The summed E-state index contributed by atoms with van der Waals surface area (Å²) < 4.78 is 9.92. The van der Waals surface area contributed by atoms with Gasteiger partial charge in [-0.05, 0) is 35.9 Å². The molecule has 2 N–H and O–H groups in total. The highest BCUT2D eigenvalue weighted by molar-refractivity contribution is 6.15.